The molecule has 0 bridgehead atoms. The molecular weight excluding hydrogens is 422 g/mol. The molecule has 0 radical (unpaired) electrons. The minimum absolute atomic E-state index is 0.00143. The number of hydrogen-bond acceptors (Lipinski definition) is 6. The third-order valence-corrected chi connectivity index (χ3v) is 4.05. The average Bonchev–Trinajstić information content (AvgIpc) is 2.68. The zero-order valence-corrected chi connectivity index (χ0v) is 15.7. The highest BCUT2D eigenvalue weighted by Gasteiger charge is 2.14. The van der Waals surface area contributed by atoms with Gasteiger partial charge in [0.1, 0.15) is 13.3 Å². The summed E-state index contributed by atoms with van der Waals surface area (Å²) < 4.78 is 11.5. The maximum absolute atomic E-state index is 11.9. The van der Waals surface area contributed by atoms with Gasteiger partial charge in [0, 0.05) is 22.0 Å². The van der Waals surface area contributed by atoms with Gasteiger partial charge in [-0.15, -0.1) is 0 Å². The van der Waals surface area contributed by atoms with E-state index in [0.29, 0.717) is 5.56 Å². The quantitative estimate of drug-likeness (QED) is 0.160. The molecular formula is C16H16BrN5O5. The number of nitrogens with zero attached hydrogens (tertiary/aromatic N) is 4. The number of alkyl halides is 1. The van der Waals surface area contributed by atoms with E-state index in [2.05, 4.69) is 30.9 Å². The third-order valence-electron chi connectivity index (χ3n) is 3.44. The molecule has 1 aromatic carbocycles. The second-order valence-electron chi connectivity index (χ2n) is 5.23. The van der Waals surface area contributed by atoms with E-state index < -0.39 is 23.3 Å². The van der Waals surface area contributed by atoms with Crippen molar-refractivity contribution in [2.24, 2.45) is 5.11 Å². The molecule has 0 saturated heterocycles. The summed E-state index contributed by atoms with van der Waals surface area (Å²) in [4.78, 5) is 40.3. The number of rotatable bonds is 9. The number of halogens is 1. The van der Waals surface area contributed by atoms with Crippen molar-refractivity contribution in [2.45, 2.75) is 12.8 Å². The number of nitrogens with one attached hydrogen (secondary N) is 1. The van der Waals surface area contributed by atoms with Crippen LogP contribution in [0.5, 0.6) is 0 Å². The Balaban J connectivity index is 1.92. The summed E-state index contributed by atoms with van der Waals surface area (Å²) in [6.07, 6.45) is 1.28. The SMILES string of the molecule is [N-]=[N+]=NC(CBr)c1cn(COCCOC(=O)c2ccccc2)c(=O)[nH]c1=O. The van der Waals surface area contributed by atoms with Gasteiger partial charge in [-0.25, -0.2) is 9.59 Å². The first-order valence-electron chi connectivity index (χ1n) is 7.80. The van der Waals surface area contributed by atoms with Crippen LogP contribution in [0, 0.1) is 0 Å². The molecule has 0 aliphatic carbocycles. The predicted molar refractivity (Wildman–Crippen MR) is 99.7 cm³/mol. The molecule has 11 heteroatoms. The molecule has 0 fully saturated rings. The van der Waals surface area contributed by atoms with Crippen molar-refractivity contribution in [1.29, 1.82) is 0 Å². The maximum Gasteiger partial charge on any atom is 0.338 e. The van der Waals surface area contributed by atoms with Gasteiger partial charge in [0.05, 0.1) is 18.2 Å². The smallest absolute Gasteiger partial charge is 0.338 e. The van der Waals surface area contributed by atoms with Gasteiger partial charge in [-0.3, -0.25) is 14.3 Å². The molecule has 142 valence electrons. The number of esters is 1. The molecule has 1 atom stereocenters. The first-order chi connectivity index (χ1) is 13.1. The van der Waals surface area contributed by atoms with Crippen molar-refractivity contribution >= 4 is 21.9 Å². The van der Waals surface area contributed by atoms with E-state index in [1.165, 1.54) is 6.20 Å². The Labute approximate surface area is 161 Å². The van der Waals surface area contributed by atoms with Gasteiger partial charge < -0.3 is 9.47 Å². The largest absolute Gasteiger partial charge is 0.460 e. The number of ether oxygens (including phenoxy) is 2. The van der Waals surface area contributed by atoms with Crippen LogP contribution in [-0.2, 0) is 16.2 Å². The normalized spacial score (nSPS) is 11.4. The van der Waals surface area contributed by atoms with Crippen LogP contribution in [0.25, 0.3) is 10.4 Å². The topological polar surface area (TPSA) is 139 Å². The Morgan fingerprint density at radius 2 is 2.04 bits per heavy atom. The number of azide groups is 1. The van der Waals surface area contributed by atoms with Crippen molar-refractivity contribution in [3.05, 3.63) is 78.9 Å². The van der Waals surface area contributed by atoms with Crippen LogP contribution < -0.4 is 11.2 Å². The molecule has 2 aromatic rings. The number of carbonyl (C=O) groups excluding carboxylic acids is 1. The van der Waals surface area contributed by atoms with Gasteiger partial charge in [-0.1, -0.05) is 39.2 Å². The monoisotopic (exact) mass is 437 g/mol. The summed E-state index contributed by atoms with van der Waals surface area (Å²) in [6, 6.07) is 7.74. The van der Waals surface area contributed by atoms with Crippen LogP contribution in [0.1, 0.15) is 22.0 Å². The summed E-state index contributed by atoms with van der Waals surface area (Å²) in [5, 5.41) is 3.72. The fourth-order valence-electron chi connectivity index (χ4n) is 2.11. The minimum atomic E-state index is -0.766. The predicted octanol–water partition coefficient (Wildman–Crippen LogP) is 2.11. The lowest BCUT2D eigenvalue weighted by Crippen LogP contribution is -2.33. The Kier molecular flexibility index (Phi) is 7.80. The first-order valence-corrected chi connectivity index (χ1v) is 8.92. The lowest BCUT2D eigenvalue weighted by molar-refractivity contribution is 0.0162. The van der Waals surface area contributed by atoms with Gasteiger partial charge >= 0.3 is 11.7 Å². The van der Waals surface area contributed by atoms with E-state index in [9.17, 15) is 14.4 Å². The summed E-state index contributed by atoms with van der Waals surface area (Å²) in [5.41, 5.74) is 7.82. The van der Waals surface area contributed by atoms with Gasteiger partial charge in [0.25, 0.3) is 5.56 Å². The number of benzene rings is 1. The van der Waals surface area contributed by atoms with Gasteiger partial charge in [0.2, 0.25) is 0 Å². The summed E-state index contributed by atoms with van der Waals surface area (Å²) >= 11 is 3.15. The summed E-state index contributed by atoms with van der Waals surface area (Å²) in [5.74, 6) is -0.475. The van der Waals surface area contributed by atoms with E-state index in [0.717, 1.165) is 4.57 Å². The molecule has 0 amide bonds. The Morgan fingerprint density at radius 3 is 2.70 bits per heavy atom. The minimum Gasteiger partial charge on any atom is -0.460 e. The molecule has 0 saturated carbocycles. The lowest BCUT2D eigenvalue weighted by Gasteiger charge is -2.11. The molecule has 1 unspecified atom stereocenters. The summed E-state index contributed by atoms with van der Waals surface area (Å²) in [7, 11) is 0. The van der Waals surface area contributed by atoms with Crippen molar-refractivity contribution in [3.63, 3.8) is 0 Å². The van der Waals surface area contributed by atoms with E-state index in [4.69, 9.17) is 15.0 Å². The molecule has 0 spiro atoms. The Morgan fingerprint density at radius 1 is 1.30 bits per heavy atom. The zero-order valence-electron chi connectivity index (χ0n) is 14.1. The highest BCUT2D eigenvalue weighted by Crippen LogP contribution is 2.15. The second-order valence-corrected chi connectivity index (χ2v) is 5.88. The van der Waals surface area contributed by atoms with Crippen molar-refractivity contribution in [1.82, 2.24) is 9.55 Å². The fraction of sp³-hybridized carbons (Fsp3) is 0.312. The molecule has 1 aromatic heterocycles. The Bertz CT molecular complexity index is 936. The van der Waals surface area contributed by atoms with Crippen LogP contribution in [0.2, 0.25) is 0 Å². The fourth-order valence-corrected chi connectivity index (χ4v) is 2.59. The molecule has 10 nitrogen and oxygen atoms in total. The number of aromatic amines is 1. The zero-order chi connectivity index (χ0) is 19.6. The van der Waals surface area contributed by atoms with Crippen LogP contribution in [0.3, 0.4) is 0 Å². The standard InChI is InChI=1S/C16H16BrN5O5/c17-8-13(20-21-18)12-9-22(16(25)19-14(12)23)10-26-6-7-27-15(24)11-4-2-1-3-5-11/h1-5,9,13H,6-8,10H2,(H,19,23,25). The third kappa shape index (κ3) is 5.81. The van der Waals surface area contributed by atoms with Gasteiger partial charge in [-0.2, -0.15) is 0 Å². The second kappa shape index (κ2) is 10.3. The summed E-state index contributed by atoms with van der Waals surface area (Å²) in [6.45, 7) is -0.115. The highest BCUT2D eigenvalue weighted by molar-refractivity contribution is 9.09. The average molecular weight is 438 g/mol. The molecule has 1 heterocycles. The molecule has 0 aliphatic heterocycles. The van der Waals surface area contributed by atoms with Gasteiger partial charge in [0.15, 0.2) is 0 Å². The lowest BCUT2D eigenvalue weighted by atomic mass is 10.2. The van der Waals surface area contributed by atoms with Crippen LogP contribution in [0.4, 0.5) is 0 Å². The highest BCUT2D eigenvalue weighted by atomic mass is 79.9. The van der Waals surface area contributed by atoms with Crippen LogP contribution in [0.15, 0.2) is 51.2 Å². The van der Waals surface area contributed by atoms with E-state index in [1.54, 1.807) is 30.3 Å². The van der Waals surface area contributed by atoms with Crippen molar-refractivity contribution < 1.29 is 14.3 Å². The number of carbonyl (C=O) groups is 1. The number of aromatic nitrogens is 2. The number of H-pyrrole nitrogens is 1. The first kappa shape index (κ1) is 20.4. The molecule has 27 heavy (non-hydrogen) atoms. The molecule has 0 aliphatic rings. The van der Waals surface area contributed by atoms with Crippen LogP contribution >= 0.6 is 15.9 Å². The molecule has 2 rings (SSSR count). The van der Waals surface area contributed by atoms with Crippen molar-refractivity contribution in [2.75, 3.05) is 18.5 Å². The van der Waals surface area contributed by atoms with Crippen molar-refractivity contribution in [3.8, 4) is 0 Å². The van der Waals surface area contributed by atoms with E-state index in [-0.39, 0.29) is 30.8 Å². The Hall–Kier alpha value is -2.88. The molecule has 1 N–H and O–H groups in total. The number of hydrogen-bond donors (Lipinski definition) is 1. The maximum atomic E-state index is 11.9. The van der Waals surface area contributed by atoms with Gasteiger partial charge in [-0.05, 0) is 17.7 Å². The van der Waals surface area contributed by atoms with Crippen LogP contribution in [-0.4, -0.2) is 34.1 Å². The van der Waals surface area contributed by atoms with E-state index >= 15 is 0 Å². The van der Waals surface area contributed by atoms with E-state index in [1.807, 2.05) is 0 Å².